The third kappa shape index (κ3) is 2.87. The van der Waals surface area contributed by atoms with Gasteiger partial charge in [-0.15, -0.1) is 0 Å². The Kier molecular flexibility index (Phi) is 4.65. The van der Waals surface area contributed by atoms with Crippen LogP contribution in [0.15, 0.2) is 6.33 Å². The highest BCUT2D eigenvalue weighted by Gasteiger charge is 2.29. The quantitative estimate of drug-likeness (QED) is 0.914. The molecule has 0 spiro atoms. The van der Waals surface area contributed by atoms with Gasteiger partial charge in [0.2, 0.25) is 0 Å². The van der Waals surface area contributed by atoms with Crippen LogP contribution in [0, 0.1) is 0 Å². The zero-order valence-electron chi connectivity index (χ0n) is 11.3. The number of aromatic nitrogens is 2. The van der Waals surface area contributed by atoms with Crippen molar-refractivity contribution >= 4 is 11.6 Å². The molecule has 0 amide bonds. The predicted molar refractivity (Wildman–Crippen MR) is 73.1 cm³/mol. The van der Waals surface area contributed by atoms with Gasteiger partial charge in [-0.3, -0.25) is 0 Å². The molecule has 0 bridgehead atoms. The zero-order chi connectivity index (χ0) is 13.1. The van der Waals surface area contributed by atoms with Crippen LogP contribution in [0.3, 0.4) is 0 Å². The molecule has 0 aromatic carbocycles. The number of hydrogen-bond donors (Lipinski definition) is 1. The normalized spacial score (nSPS) is 24.7. The summed E-state index contributed by atoms with van der Waals surface area (Å²) >= 11 is 6.13. The monoisotopic (exact) mass is 271 g/mol. The van der Waals surface area contributed by atoms with E-state index in [4.69, 9.17) is 16.3 Å². The smallest absolute Gasteiger partial charge is 0.150 e. The van der Waals surface area contributed by atoms with Crippen molar-refractivity contribution in [2.75, 3.05) is 13.1 Å². The molecule has 1 aromatic heterocycles. The summed E-state index contributed by atoms with van der Waals surface area (Å²) < 4.78 is 8.22. The molecular weight excluding hydrogens is 250 g/mol. The fraction of sp³-hybridized carbons (Fsp3) is 0.769. The highest BCUT2D eigenvalue weighted by Crippen LogP contribution is 2.27. The maximum Gasteiger partial charge on any atom is 0.150 e. The van der Waals surface area contributed by atoms with E-state index >= 15 is 0 Å². The molecule has 0 unspecified atom stereocenters. The molecule has 102 valence electrons. The third-order valence-electron chi connectivity index (χ3n) is 3.38. The molecule has 5 heteroatoms. The van der Waals surface area contributed by atoms with Crippen molar-refractivity contribution in [3.63, 3.8) is 0 Å². The van der Waals surface area contributed by atoms with E-state index in [9.17, 15) is 0 Å². The first-order valence-electron chi connectivity index (χ1n) is 6.70. The number of piperidine rings is 1. The van der Waals surface area contributed by atoms with Gasteiger partial charge in [-0.1, -0.05) is 18.5 Å². The van der Waals surface area contributed by atoms with Crippen LogP contribution in [-0.2, 0) is 11.2 Å². The van der Waals surface area contributed by atoms with E-state index in [1.807, 2.05) is 6.33 Å². The third-order valence-corrected chi connectivity index (χ3v) is 3.69. The lowest BCUT2D eigenvalue weighted by Crippen LogP contribution is -2.44. The van der Waals surface area contributed by atoms with Gasteiger partial charge in [0.15, 0.2) is 0 Å². The number of nitrogens with zero attached hydrogens (tertiary/aromatic N) is 2. The lowest BCUT2D eigenvalue weighted by atomic mass is 10.0. The Morgan fingerprint density at radius 2 is 2.39 bits per heavy atom. The Labute approximate surface area is 114 Å². The minimum Gasteiger partial charge on any atom is -0.372 e. The van der Waals surface area contributed by atoms with Gasteiger partial charge < -0.3 is 14.6 Å². The first kappa shape index (κ1) is 13.8. The van der Waals surface area contributed by atoms with E-state index in [0.29, 0.717) is 11.2 Å². The molecule has 2 heterocycles. The molecular formula is C13H22ClN3O. The van der Waals surface area contributed by atoms with Crippen LogP contribution in [0.1, 0.15) is 38.9 Å². The van der Waals surface area contributed by atoms with Gasteiger partial charge in [0.25, 0.3) is 0 Å². The average Bonchev–Trinajstić information content (AvgIpc) is 2.70. The van der Waals surface area contributed by atoms with Crippen molar-refractivity contribution in [1.82, 2.24) is 14.9 Å². The van der Waals surface area contributed by atoms with E-state index < -0.39 is 0 Å². The minimum atomic E-state index is 0.189. The van der Waals surface area contributed by atoms with Crippen LogP contribution < -0.4 is 5.32 Å². The Hall–Kier alpha value is -0.580. The van der Waals surface area contributed by atoms with Crippen molar-refractivity contribution in [2.45, 2.75) is 51.9 Å². The van der Waals surface area contributed by atoms with Crippen LogP contribution in [0.2, 0.25) is 5.15 Å². The van der Waals surface area contributed by atoms with Crippen LogP contribution in [0.4, 0.5) is 0 Å². The van der Waals surface area contributed by atoms with Gasteiger partial charge >= 0.3 is 0 Å². The second-order valence-corrected chi connectivity index (χ2v) is 5.38. The van der Waals surface area contributed by atoms with Crippen LogP contribution in [0.5, 0.6) is 0 Å². The summed E-state index contributed by atoms with van der Waals surface area (Å²) in [6.07, 6.45) is 4.23. The van der Waals surface area contributed by atoms with Gasteiger partial charge in [-0.2, -0.15) is 0 Å². The minimum absolute atomic E-state index is 0.189. The van der Waals surface area contributed by atoms with E-state index in [1.54, 1.807) is 0 Å². The predicted octanol–water partition coefficient (Wildman–Crippen LogP) is 2.43. The van der Waals surface area contributed by atoms with Gasteiger partial charge in [-0.05, 0) is 33.2 Å². The zero-order valence-corrected chi connectivity index (χ0v) is 12.1. The molecule has 4 nitrogen and oxygen atoms in total. The molecule has 1 saturated heterocycles. The van der Waals surface area contributed by atoms with Crippen LogP contribution >= 0.6 is 11.6 Å². The maximum atomic E-state index is 6.13. The molecule has 1 aromatic rings. The molecule has 1 N–H and O–H groups in total. The van der Waals surface area contributed by atoms with E-state index in [2.05, 4.69) is 35.6 Å². The number of ether oxygens (including phenoxy) is 1. The van der Waals surface area contributed by atoms with Gasteiger partial charge in [0.05, 0.1) is 30.3 Å². The molecule has 1 aliphatic rings. The number of halogens is 1. The Morgan fingerprint density at radius 1 is 1.61 bits per heavy atom. The number of hydrogen-bond acceptors (Lipinski definition) is 3. The standard InChI is InChI=1S/C13H22ClN3O/c1-4-10-13(14)16-8-17(10)11-5-6-15-7-12(11)18-9(2)3/h8-9,11-12,15H,4-7H2,1-3H3/t11-,12+/m0/s1. The summed E-state index contributed by atoms with van der Waals surface area (Å²) in [4.78, 5) is 4.23. The van der Waals surface area contributed by atoms with E-state index in [1.165, 1.54) is 0 Å². The summed E-state index contributed by atoms with van der Waals surface area (Å²) in [5.41, 5.74) is 1.11. The molecule has 2 atom stereocenters. The largest absolute Gasteiger partial charge is 0.372 e. The van der Waals surface area contributed by atoms with Crippen molar-refractivity contribution in [3.05, 3.63) is 17.2 Å². The SMILES string of the molecule is CCc1c(Cl)ncn1[C@H]1CCNC[C@H]1OC(C)C. The fourth-order valence-corrected chi connectivity index (χ4v) is 2.88. The molecule has 2 rings (SSSR count). The van der Waals surface area contributed by atoms with Gasteiger partial charge in [0.1, 0.15) is 5.15 Å². The Bertz CT molecular complexity index is 392. The lowest BCUT2D eigenvalue weighted by Gasteiger charge is -2.35. The first-order chi connectivity index (χ1) is 8.63. The van der Waals surface area contributed by atoms with Crippen molar-refractivity contribution in [3.8, 4) is 0 Å². The van der Waals surface area contributed by atoms with Crippen LogP contribution in [-0.4, -0.2) is 34.8 Å². The highest BCUT2D eigenvalue weighted by atomic mass is 35.5. The molecule has 1 fully saturated rings. The van der Waals surface area contributed by atoms with Crippen molar-refractivity contribution < 1.29 is 4.74 Å². The molecule has 0 saturated carbocycles. The Morgan fingerprint density at radius 3 is 3.06 bits per heavy atom. The second kappa shape index (κ2) is 6.04. The maximum absolute atomic E-state index is 6.13. The second-order valence-electron chi connectivity index (χ2n) is 5.03. The summed E-state index contributed by atoms with van der Waals surface area (Å²) in [5, 5.41) is 4.02. The molecule has 0 aliphatic carbocycles. The molecule has 1 aliphatic heterocycles. The van der Waals surface area contributed by atoms with Gasteiger partial charge in [-0.25, -0.2) is 4.98 Å². The van der Waals surface area contributed by atoms with Crippen molar-refractivity contribution in [2.24, 2.45) is 0 Å². The molecule has 18 heavy (non-hydrogen) atoms. The van der Waals surface area contributed by atoms with Gasteiger partial charge in [0, 0.05) is 6.54 Å². The van der Waals surface area contributed by atoms with Crippen LogP contribution in [0.25, 0.3) is 0 Å². The number of nitrogens with one attached hydrogen (secondary N) is 1. The highest BCUT2D eigenvalue weighted by molar-refractivity contribution is 6.30. The summed E-state index contributed by atoms with van der Waals surface area (Å²) in [6, 6.07) is 0.337. The Balaban J connectivity index is 2.22. The number of imidazole rings is 1. The topological polar surface area (TPSA) is 39.1 Å². The summed E-state index contributed by atoms with van der Waals surface area (Å²) in [6.45, 7) is 8.17. The summed E-state index contributed by atoms with van der Waals surface area (Å²) in [7, 11) is 0. The lowest BCUT2D eigenvalue weighted by molar-refractivity contribution is -0.0330. The van der Waals surface area contributed by atoms with E-state index in [0.717, 1.165) is 31.6 Å². The van der Waals surface area contributed by atoms with E-state index in [-0.39, 0.29) is 12.2 Å². The molecule has 0 radical (unpaired) electrons. The average molecular weight is 272 g/mol. The van der Waals surface area contributed by atoms with Crippen molar-refractivity contribution in [1.29, 1.82) is 0 Å². The fourth-order valence-electron chi connectivity index (χ4n) is 2.60. The summed E-state index contributed by atoms with van der Waals surface area (Å²) in [5.74, 6) is 0. The number of rotatable bonds is 4. The first-order valence-corrected chi connectivity index (χ1v) is 7.08.